The third-order valence-corrected chi connectivity index (χ3v) is 5.06. The van der Waals surface area contributed by atoms with Crippen LogP contribution in [-0.2, 0) is 25.5 Å². The fraction of sp³-hybridized carbons (Fsp3) is 0.556. The number of nitrogens with one attached hydrogen (secondary N) is 1. The third kappa shape index (κ3) is 2.00. The van der Waals surface area contributed by atoms with Crippen LogP contribution in [-0.4, -0.2) is 40.0 Å². The minimum Gasteiger partial charge on any atom is -0.371 e. The standard InChI is InChI=1S/C18H21NO5/c1-11(2)8-17-14-18(22,15(21)19-17)13(20)10-16(23-14,24-17)9-12-6-4-3-5-7-12/h3-7,11,14,22H,8-10H2,1-2H3,(H,19,21)/t14-,16+,17-,18+/m1/s1. The molecule has 1 aromatic carbocycles. The highest BCUT2D eigenvalue weighted by molar-refractivity contribution is 6.13. The normalized spacial score (nSPS) is 40.2. The molecule has 3 saturated heterocycles. The van der Waals surface area contributed by atoms with Crippen molar-refractivity contribution in [2.24, 2.45) is 5.92 Å². The van der Waals surface area contributed by atoms with Crippen LogP contribution in [0.3, 0.4) is 0 Å². The second-order valence-corrected chi connectivity index (χ2v) is 7.48. The van der Waals surface area contributed by atoms with Crippen molar-refractivity contribution in [3.63, 3.8) is 0 Å². The van der Waals surface area contributed by atoms with Gasteiger partial charge in [-0.05, 0) is 11.5 Å². The molecule has 0 radical (unpaired) electrons. The van der Waals surface area contributed by atoms with Gasteiger partial charge in [0.2, 0.25) is 5.60 Å². The predicted molar refractivity (Wildman–Crippen MR) is 83.7 cm³/mol. The first-order chi connectivity index (χ1) is 11.3. The Morgan fingerprint density at radius 2 is 2.00 bits per heavy atom. The van der Waals surface area contributed by atoms with E-state index in [0.29, 0.717) is 12.8 Å². The Kier molecular flexibility index (Phi) is 3.20. The Balaban J connectivity index is 1.74. The number of hydrogen-bond donors (Lipinski definition) is 2. The first-order valence-electron chi connectivity index (χ1n) is 8.30. The van der Waals surface area contributed by atoms with Crippen molar-refractivity contribution in [1.82, 2.24) is 5.32 Å². The maximum atomic E-state index is 12.6. The molecule has 4 rings (SSSR count). The number of aliphatic hydroxyl groups is 1. The van der Waals surface area contributed by atoms with Crippen molar-refractivity contribution >= 4 is 11.7 Å². The molecule has 24 heavy (non-hydrogen) atoms. The maximum Gasteiger partial charge on any atom is 0.265 e. The molecular weight excluding hydrogens is 310 g/mol. The zero-order valence-electron chi connectivity index (χ0n) is 13.7. The van der Waals surface area contributed by atoms with E-state index < -0.39 is 34.9 Å². The molecule has 0 saturated carbocycles. The van der Waals surface area contributed by atoms with Gasteiger partial charge in [-0.1, -0.05) is 44.2 Å². The third-order valence-electron chi connectivity index (χ3n) is 5.06. The predicted octanol–water partition coefficient (Wildman–Crippen LogP) is 0.917. The Bertz CT molecular complexity index is 705. The van der Waals surface area contributed by atoms with Crippen LogP contribution in [0, 0.1) is 5.92 Å². The van der Waals surface area contributed by atoms with Crippen molar-refractivity contribution in [2.45, 2.75) is 56.3 Å². The first-order valence-corrected chi connectivity index (χ1v) is 8.30. The van der Waals surface area contributed by atoms with Gasteiger partial charge in [-0.25, -0.2) is 0 Å². The van der Waals surface area contributed by atoms with Crippen LogP contribution in [0.15, 0.2) is 30.3 Å². The lowest BCUT2D eigenvalue weighted by Crippen LogP contribution is -2.60. The van der Waals surface area contributed by atoms with Crippen LogP contribution in [0.25, 0.3) is 0 Å². The second-order valence-electron chi connectivity index (χ2n) is 7.48. The number of carbonyl (C=O) groups excluding carboxylic acids is 2. The van der Waals surface area contributed by atoms with E-state index >= 15 is 0 Å². The van der Waals surface area contributed by atoms with Gasteiger partial charge in [0, 0.05) is 12.8 Å². The quantitative estimate of drug-likeness (QED) is 0.802. The lowest BCUT2D eigenvalue weighted by Gasteiger charge is -2.37. The summed E-state index contributed by atoms with van der Waals surface area (Å²) in [7, 11) is 0. The summed E-state index contributed by atoms with van der Waals surface area (Å²) in [6, 6.07) is 9.61. The molecule has 3 aliphatic rings. The van der Waals surface area contributed by atoms with Crippen molar-refractivity contribution in [2.75, 3.05) is 0 Å². The molecule has 3 heterocycles. The second kappa shape index (κ2) is 4.88. The van der Waals surface area contributed by atoms with Gasteiger partial charge in [-0.3, -0.25) is 9.59 Å². The van der Waals surface area contributed by atoms with Gasteiger partial charge in [0.15, 0.2) is 23.4 Å². The van der Waals surface area contributed by atoms with E-state index in [-0.39, 0.29) is 12.3 Å². The van der Waals surface area contributed by atoms with Gasteiger partial charge in [0.25, 0.3) is 5.91 Å². The summed E-state index contributed by atoms with van der Waals surface area (Å²) in [5, 5.41) is 13.5. The van der Waals surface area contributed by atoms with Crippen LogP contribution in [0.1, 0.15) is 32.3 Å². The van der Waals surface area contributed by atoms with Gasteiger partial charge < -0.3 is 19.9 Å². The van der Waals surface area contributed by atoms with E-state index in [1.807, 2.05) is 44.2 Å². The first kappa shape index (κ1) is 15.7. The highest BCUT2D eigenvalue weighted by atomic mass is 16.8. The average Bonchev–Trinajstić information content (AvgIpc) is 2.86. The van der Waals surface area contributed by atoms with E-state index in [0.717, 1.165) is 5.56 Å². The highest BCUT2D eigenvalue weighted by Gasteiger charge is 2.78. The monoisotopic (exact) mass is 331 g/mol. The summed E-state index contributed by atoms with van der Waals surface area (Å²) in [5.41, 5.74) is -2.33. The van der Waals surface area contributed by atoms with E-state index in [1.165, 1.54) is 0 Å². The molecular formula is C18H21NO5. The number of ether oxygens (including phenoxy) is 2. The summed E-state index contributed by atoms with van der Waals surface area (Å²) in [4.78, 5) is 24.9. The SMILES string of the molecule is CC(C)C[C@]12NC(=O)[C@]3(O)C(=O)C[C@@](Cc4ccccc4)(O[C@@H]31)O2. The smallest absolute Gasteiger partial charge is 0.265 e. The summed E-state index contributed by atoms with van der Waals surface area (Å²) >= 11 is 0. The van der Waals surface area contributed by atoms with E-state index in [9.17, 15) is 14.7 Å². The number of ketones is 1. The highest BCUT2D eigenvalue weighted by Crippen LogP contribution is 2.54. The Labute approximate surface area is 140 Å². The van der Waals surface area contributed by atoms with E-state index in [4.69, 9.17) is 9.47 Å². The summed E-state index contributed by atoms with van der Waals surface area (Å²) in [6.45, 7) is 3.99. The van der Waals surface area contributed by atoms with Crippen LogP contribution in [0.2, 0.25) is 0 Å². The Morgan fingerprint density at radius 1 is 1.29 bits per heavy atom. The average molecular weight is 331 g/mol. The maximum absolute atomic E-state index is 12.6. The van der Waals surface area contributed by atoms with Crippen LogP contribution in [0.4, 0.5) is 0 Å². The minimum absolute atomic E-state index is 0.137. The molecule has 6 heteroatoms. The van der Waals surface area contributed by atoms with Gasteiger partial charge in [0.05, 0.1) is 6.42 Å². The van der Waals surface area contributed by atoms with Crippen molar-refractivity contribution in [3.05, 3.63) is 35.9 Å². The van der Waals surface area contributed by atoms with E-state index in [2.05, 4.69) is 5.32 Å². The number of rotatable bonds is 4. The molecule has 0 aliphatic carbocycles. The lowest BCUT2D eigenvalue weighted by atomic mass is 9.82. The number of Topliss-reactive ketones (excluding diaryl/α,β-unsaturated/α-hetero) is 1. The van der Waals surface area contributed by atoms with Crippen LogP contribution < -0.4 is 5.32 Å². The lowest BCUT2D eigenvalue weighted by molar-refractivity contribution is -0.231. The molecule has 2 N–H and O–H groups in total. The molecule has 128 valence electrons. The minimum atomic E-state index is -2.15. The Hall–Kier alpha value is -1.76. The molecule has 2 bridgehead atoms. The van der Waals surface area contributed by atoms with E-state index in [1.54, 1.807) is 0 Å². The zero-order chi connectivity index (χ0) is 17.2. The summed E-state index contributed by atoms with van der Waals surface area (Å²) < 4.78 is 12.3. The van der Waals surface area contributed by atoms with Gasteiger partial charge in [-0.15, -0.1) is 0 Å². The molecule has 3 aliphatic heterocycles. The number of carbonyl (C=O) groups is 2. The topological polar surface area (TPSA) is 84.9 Å². The zero-order valence-corrected chi connectivity index (χ0v) is 13.7. The fourth-order valence-electron chi connectivity index (χ4n) is 4.22. The molecule has 0 unspecified atom stereocenters. The van der Waals surface area contributed by atoms with Crippen molar-refractivity contribution in [1.29, 1.82) is 0 Å². The van der Waals surface area contributed by atoms with Crippen molar-refractivity contribution in [3.8, 4) is 0 Å². The molecule has 6 nitrogen and oxygen atoms in total. The Morgan fingerprint density at radius 3 is 2.67 bits per heavy atom. The largest absolute Gasteiger partial charge is 0.371 e. The molecule has 0 spiro atoms. The van der Waals surface area contributed by atoms with Gasteiger partial charge in [0.1, 0.15) is 0 Å². The van der Waals surface area contributed by atoms with Gasteiger partial charge in [-0.2, -0.15) is 0 Å². The molecule has 3 fully saturated rings. The van der Waals surface area contributed by atoms with Crippen LogP contribution >= 0.6 is 0 Å². The van der Waals surface area contributed by atoms with Crippen molar-refractivity contribution < 1.29 is 24.2 Å². The fourth-order valence-corrected chi connectivity index (χ4v) is 4.22. The number of benzene rings is 1. The number of fused-ring (bicyclic) bond motifs is 1. The van der Waals surface area contributed by atoms with Gasteiger partial charge >= 0.3 is 0 Å². The number of hydrogen-bond acceptors (Lipinski definition) is 5. The number of amides is 1. The summed E-state index contributed by atoms with van der Waals surface area (Å²) in [5.74, 6) is -2.20. The summed E-state index contributed by atoms with van der Waals surface area (Å²) in [6.07, 6.45) is -0.288. The molecule has 1 aromatic rings. The van der Waals surface area contributed by atoms with Crippen LogP contribution in [0.5, 0.6) is 0 Å². The molecule has 0 aromatic heterocycles. The molecule has 1 amide bonds. The molecule has 4 atom stereocenters.